The van der Waals surface area contributed by atoms with Crippen molar-refractivity contribution >= 4 is 43.3 Å². The number of carbonyl (C=O) groups excluding carboxylic acids is 1. The molecular formula is C21H24BrN3O5S. The number of benzene rings is 2. The van der Waals surface area contributed by atoms with E-state index >= 15 is 0 Å². The summed E-state index contributed by atoms with van der Waals surface area (Å²) in [5.74, 6) is 1.06. The fourth-order valence-electron chi connectivity index (χ4n) is 3.18. The number of ether oxygens (including phenoxy) is 2. The first-order valence-electron chi connectivity index (χ1n) is 9.65. The smallest absolute Gasteiger partial charge is 0.247 e. The lowest BCUT2D eigenvalue weighted by Gasteiger charge is -2.15. The Labute approximate surface area is 190 Å². The standard InChI is InChI=1S/C21H24BrN3O5S/c1-4-30-20-11-15(17(22)13-19(20)29-2)12-21(26)25-10-9-18(23-25)14-5-7-16(8-6-14)24-31(3,27)28/h5-8,11,13,24H,4,9-10,12H2,1-3H3. The summed E-state index contributed by atoms with van der Waals surface area (Å²) in [6.45, 7) is 2.86. The lowest BCUT2D eigenvalue weighted by atomic mass is 10.1. The number of carbonyl (C=O) groups is 1. The number of hydrazone groups is 1. The van der Waals surface area contributed by atoms with E-state index < -0.39 is 10.0 Å². The molecule has 166 valence electrons. The van der Waals surface area contributed by atoms with Crippen LogP contribution in [0, 0.1) is 0 Å². The molecule has 31 heavy (non-hydrogen) atoms. The molecule has 0 unspecified atom stereocenters. The van der Waals surface area contributed by atoms with Crippen molar-refractivity contribution in [1.82, 2.24) is 5.01 Å². The van der Waals surface area contributed by atoms with Gasteiger partial charge in [-0.3, -0.25) is 9.52 Å². The molecule has 2 aromatic carbocycles. The van der Waals surface area contributed by atoms with Gasteiger partial charge >= 0.3 is 0 Å². The number of hydrogen-bond donors (Lipinski definition) is 1. The van der Waals surface area contributed by atoms with Crippen molar-refractivity contribution in [3.05, 3.63) is 52.0 Å². The summed E-state index contributed by atoms with van der Waals surface area (Å²) in [4.78, 5) is 12.8. The van der Waals surface area contributed by atoms with Gasteiger partial charge in [0.2, 0.25) is 15.9 Å². The van der Waals surface area contributed by atoms with Gasteiger partial charge in [-0.1, -0.05) is 28.1 Å². The summed E-state index contributed by atoms with van der Waals surface area (Å²) in [6.07, 6.45) is 1.89. The van der Waals surface area contributed by atoms with Crippen LogP contribution in [0.4, 0.5) is 5.69 Å². The summed E-state index contributed by atoms with van der Waals surface area (Å²) in [6, 6.07) is 10.5. The molecule has 0 spiro atoms. The van der Waals surface area contributed by atoms with Crippen molar-refractivity contribution in [2.75, 3.05) is 31.2 Å². The summed E-state index contributed by atoms with van der Waals surface area (Å²) < 4.78 is 36.8. The second-order valence-electron chi connectivity index (χ2n) is 6.97. The fraction of sp³-hybridized carbons (Fsp3) is 0.333. The van der Waals surface area contributed by atoms with Crippen LogP contribution in [0.25, 0.3) is 0 Å². The van der Waals surface area contributed by atoms with E-state index in [-0.39, 0.29) is 12.3 Å². The Bertz CT molecular complexity index is 1100. The summed E-state index contributed by atoms with van der Waals surface area (Å²) >= 11 is 3.50. The molecule has 0 aliphatic carbocycles. The average Bonchev–Trinajstić information content (AvgIpc) is 3.20. The van der Waals surface area contributed by atoms with E-state index in [0.29, 0.717) is 36.8 Å². The van der Waals surface area contributed by atoms with E-state index in [0.717, 1.165) is 27.6 Å². The molecule has 8 nitrogen and oxygen atoms in total. The van der Waals surface area contributed by atoms with Crippen LogP contribution < -0.4 is 14.2 Å². The lowest BCUT2D eigenvalue weighted by Crippen LogP contribution is -2.25. The van der Waals surface area contributed by atoms with Gasteiger partial charge in [0, 0.05) is 16.6 Å². The first-order valence-corrected chi connectivity index (χ1v) is 12.3. The highest BCUT2D eigenvalue weighted by Gasteiger charge is 2.23. The van der Waals surface area contributed by atoms with Crippen LogP contribution in [-0.2, 0) is 21.2 Å². The minimum Gasteiger partial charge on any atom is -0.493 e. The van der Waals surface area contributed by atoms with E-state index in [9.17, 15) is 13.2 Å². The quantitative estimate of drug-likeness (QED) is 0.587. The molecule has 10 heteroatoms. The van der Waals surface area contributed by atoms with Gasteiger partial charge in [-0.2, -0.15) is 5.10 Å². The number of sulfonamides is 1. The zero-order valence-electron chi connectivity index (χ0n) is 17.5. The molecule has 1 N–H and O–H groups in total. The Hall–Kier alpha value is -2.59. The van der Waals surface area contributed by atoms with Gasteiger partial charge in [0.15, 0.2) is 11.5 Å². The second kappa shape index (κ2) is 9.69. The Morgan fingerprint density at radius 2 is 1.94 bits per heavy atom. The minimum atomic E-state index is -3.33. The van der Waals surface area contributed by atoms with Gasteiger partial charge < -0.3 is 9.47 Å². The van der Waals surface area contributed by atoms with Gasteiger partial charge in [0.25, 0.3) is 0 Å². The first kappa shape index (κ1) is 23.1. The highest BCUT2D eigenvalue weighted by atomic mass is 79.9. The molecule has 0 saturated carbocycles. The van der Waals surface area contributed by atoms with Gasteiger partial charge in [-0.25, -0.2) is 13.4 Å². The predicted molar refractivity (Wildman–Crippen MR) is 123 cm³/mol. The number of halogens is 1. The topological polar surface area (TPSA) is 97.3 Å². The number of nitrogens with zero attached hydrogens (tertiary/aromatic N) is 2. The largest absolute Gasteiger partial charge is 0.493 e. The molecule has 2 aromatic rings. The Balaban J connectivity index is 1.72. The third-order valence-corrected chi connectivity index (χ3v) is 5.93. The lowest BCUT2D eigenvalue weighted by molar-refractivity contribution is -0.130. The molecule has 1 aliphatic heterocycles. The molecule has 0 atom stereocenters. The van der Waals surface area contributed by atoms with Crippen molar-refractivity contribution < 1.29 is 22.7 Å². The number of amides is 1. The third kappa shape index (κ3) is 5.98. The second-order valence-corrected chi connectivity index (χ2v) is 9.57. The van der Waals surface area contributed by atoms with Crippen LogP contribution >= 0.6 is 15.9 Å². The number of hydrogen-bond acceptors (Lipinski definition) is 6. The zero-order chi connectivity index (χ0) is 22.6. The van der Waals surface area contributed by atoms with Crippen molar-refractivity contribution in [3.63, 3.8) is 0 Å². The van der Waals surface area contributed by atoms with E-state index in [1.807, 2.05) is 6.92 Å². The van der Waals surface area contributed by atoms with Crippen molar-refractivity contribution in [1.29, 1.82) is 0 Å². The van der Waals surface area contributed by atoms with Gasteiger partial charge in [-0.15, -0.1) is 0 Å². The molecule has 0 aromatic heterocycles. The predicted octanol–water partition coefficient (Wildman–Crippen LogP) is 3.41. The average molecular weight is 510 g/mol. The number of nitrogens with one attached hydrogen (secondary N) is 1. The Morgan fingerprint density at radius 3 is 2.55 bits per heavy atom. The molecule has 0 fully saturated rings. The Kier molecular flexibility index (Phi) is 7.22. The van der Waals surface area contributed by atoms with Crippen LogP contribution in [0.1, 0.15) is 24.5 Å². The summed E-state index contributed by atoms with van der Waals surface area (Å²) in [5.41, 5.74) is 2.89. The van der Waals surface area contributed by atoms with Gasteiger partial charge in [0.1, 0.15) is 0 Å². The van der Waals surface area contributed by atoms with Crippen LogP contribution in [0.2, 0.25) is 0 Å². The zero-order valence-corrected chi connectivity index (χ0v) is 19.9. The Morgan fingerprint density at radius 1 is 1.23 bits per heavy atom. The summed E-state index contributed by atoms with van der Waals surface area (Å²) in [5, 5.41) is 5.94. The molecule has 3 rings (SSSR count). The maximum Gasteiger partial charge on any atom is 0.247 e. The van der Waals surface area contributed by atoms with E-state index in [4.69, 9.17) is 9.47 Å². The molecular weight excluding hydrogens is 486 g/mol. The molecule has 1 aliphatic rings. The monoisotopic (exact) mass is 509 g/mol. The number of rotatable bonds is 8. The van der Waals surface area contributed by atoms with Crippen LogP contribution in [0.15, 0.2) is 46.0 Å². The SMILES string of the molecule is CCOc1cc(CC(=O)N2CCC(c3ccc(NS(C)(=O)=O)cc3)=N2)c(Br)cc1OC. The highest BCUT2D eigenvalue weighted by molar-refractivity contribution is 9.10. The molecule has 1 heterocycles. The first-order chi connectivity index (χ1) is 14.7. The van der Waals surface area contributed by atoms with E-state index in [1.165, 1.54) is 5.01 Å². The normalized spacial score (nSPS) is 13.7. The number of anilines is 1. The molecule has 1 amide bonds. The fourth-order valence-corrected chi connectivity index (χ4v) is 4.21. The van der Waals surface area contributed by atoms with Crippen LogP contribution in [0.5, 0.6) is 11.5 Å². The molecule has 0 bridgehead atoms. The van der Waals surface area contributed by atoms with Crippen molar-refractivity contribution in [3.8, 4) is 11.5 Å². The third-order valence-electron chi connectivity index (χ3n) is 4.59. The summed E-state index contributed by atoms with van der Waals surface area (Å²) in [7, 11) is -1.76. The molecule has 0 saturated heterocycles. The highest BCUT2D eigenvalue weighted by Crippen LogP contribution is 2.34. The van der Waals surface area contributed by atoms with Crippen LogP contribution in [0.3, 0.4) is 0 Å². The van der Waals surface area contributed by atoms with Crippen molar-refractivity contribution in [2.24, 2.45) is 5.10 Å². The molecule has 0 radical (unpaired) electrons. The number of methoxy groups -OCH3 is 1. The van der Waals surface area contributed by atoms with Gasteiger partial charge in [-0.05, 0) is 42.3 Å². The van der Waals surface area contributed by atoms with E-state index in [2.05, 4.69) is 25.8 Å². The maximum absolute atomic E-state index is 12.8. The van der Waals surface area contributed by atoms with E-state index in [1.54, 1.807) is 43.5 Å². The minimum absolute atomic E-state index is 0.126. The van der Waals surface area contributed by atoms with Gasteiger partial charge in [0.05, 0.1) is 38.6 Å². The van der Waals surface area contributed by atoms with Crippen LogP contribution in [-0.4, -0.2) is 51.6 Å². The van der Waals surface area contributed by atoms with Crippen molar-refractivity contribution in [2.45, 2.75) is 19.8 Å². The maximum atomic E-state index is 12.8.